The van der Waals surface area contributed by atoms with E-state index >= 15 is 0 Å². The fourth-order valence-electron chi connectivity index (χ4n) is 3.65. The second-order valence-corrected chi connectivity index (χ2v) is 6.65. The maximum atomic E-state index is 3.55. The Balaban J connectivity index is 2.03. The molecule has 3 unspecified atom stereocenters. The van der Waals surface area contributed by atoms with Gasteiger partial charge in [-0.25, -0.2) is 0 Å². The number of hydrogen-bond donors (Lipinski definition) is 1. The van der Waals surface area contributed by atoms with Crippen LogP contribution in [0.2, 0.25) is 0 Å². The molecule has 2 rings (SSSR count). The first-order valence-corrected chi connectivity index (χ1v) is 8.71. The van der Waals surface area contributed by atoms with E-state index in [1.165, 1.54) is 36.9 Å². The molecule has 1 N–H and O–H groups in total. The minimum Gasteiger partial charge on any atom is -0.372 e. The van der Waals surface area contributed by atoms with Gasteiger partial charge in [0.2, 0.25) is 0 Å². The first-order chi connectivity index (χ1) is 10.2. The van der Waals surface area contributed by atoms with E-state index in [-0.39, 0.29) is 0 Å². The Morgan fingerprint density at radius 2 is 1.90 bits per heavy atom. The third-order valence-corrected chi connectivity index (χ3v) is 5.02. The highest BCUT2D eigenvalue weighted by Gasteiger charge is 2.22. The number of rotatable bonds is 6. The van der Waals surface area contributed by atoms with Crippen LogP contribution in [0.1, 0.15) is 64.5 Å². The molecule has 0 radical (unpaired) electrons. The van der Waals surface area contributed by atoms with Gasteiger partial charge in [0.15, 0.2) is 0 Å². The lowest BCUT2D eigenvalue weighted by atomic mass is 9.86. The van der Waals surface area contributed by atoms with Crippen molar-refractivity contribution in [3.8, 4) is 0 Å². The zero-order valence-electron chi connectivity index (χ0n) is 14.2. The summed E-state index contributed by atoms with van der Waals surface area (Å²) in [5.41, 5.74) is 2.78. The van der Waals surface area contributed by atoms with Crippen LogP contribution in [-0.2, 0) is 0 Å². The Labute approximate surface area is 130 Å². The van der Waals surface area contributed by atoms with Crippen LogP contribution in [-0.4, -0.2) is 19.6 Å². The van der Waals surface area contributed by atoms with E-state index in [0.29, 0.717) is 6.04 Å². The molecule has 0 aliphatic heterocycles. The summed E-state index contributed by atoms with van der Waals surface area (Å²) in [4.78, 5) is 2.49. The average Bonchev–Trinajstić information content (AvgIpc) is 2.52. The van der Waals surface area contributed by atoms with Gasteiger partial charge in [-0.3, -0.25) is 0 Å². The number of nitrogens with one attached hydrogen (secondary N) is 1. The van der Waals surface area contributed by atoms with Gasteiger partial charge in [0.1, 0.15) is 0 Å². The molecule has 1 fully saturated rings. The van der Waals surface area contributed by atoms with E-state index in [1.54, 1.807) is 0 Å². The summed E-state index contributed by atoms with van der Waals surface area (Å²) >= 11 is 0. The quantitative estimate of drug-likeness (QED) is 0.811. The molecule has 21 heavy (non-hydrogen) atoms. The van der Waals surface area contributed by atoms with Crippen LogP contribution < -0.4 is 10.2 Å². The molecule has 0 aromatic heterocycles. The summed E-state index contributed by atoms with van der Waals surface area (Å²) in [5, 5.41) is 3.55. The Morgan fingerprint density at radius 1 is 1.19 bits per heavy atom. The number of nitrogens with zero attached hydrogens (tertiary/aromatic N) is 1. The van der Waals surface area contributed by atoms with Crippen molar-refractivity contribution in [2.24, 2.45) is 5.92 Å². The molecule has 0 amide bonds. The molecule has 1 aliphatic carbocycles. The lowest BCUT2D eigenvalue weighted by molar-refractivity contribution is 0.336. The minimum atomic E-state index is 0.490. The standard InChI is InChI=1S/C19H32N2/c1-5-19(20-6-2)16-10-12-17(13-11-16)21(4)18-9-7-8-15(3)14-18/h10-13,15,18-20H,5-9,14H2,1-4H3. The van der Waals surface area contributed by atoms with Crippen LogP contribution in [0.15, 0.2) is 24.3 Å². The first-order valence-electron chi connectivity index (χ1n) is 8.71. The van der Waals surface area contributed by atoms with Crippen LogP contribution in [0, 0.1) is 5.92 Å². The molecule has 0 heterocycles. The molecule has 3 atom stereocenters. The summed E-state index contributed by atoms with van der Waals surface area (Å²) in [7, 11) is 2.26. The van der Waals surface area contributed by atoms with Gasteiger partial charge in [-0.05, 0) is 49.4 Å². The average molecular weight is 288 g/mol. The molecule has 118 valence electrons. The van der Waals surface area contributed by atoms with E-state index in [0.717, 1.165) is 24.9 Å². The fourth-order valence-corrected chi connectivity index (χ4v) is 3.65. The van der Waals surface area contributed by atoms with Crippen molar-refractivity contribution in [1.29, 1.82) is 0 Å². The van der Waals surface area contributed by atoms with Crippen LogP contribution in [0.5, 0.6) is 0 Å². The summed E-state index contributed by atoms with van der Waals surface area (Å²) in [5.74, 6) is 0.878. The number of hydrogen-bond acceptors (Lipinski definition) is 2. The zero-order valence-corrected chi connectivity index (χ0v) is 14.2. The predicted octanol–water partition coefficient (Wildman–Crippen LogP) is 4.76. The molecule has 0 spiro atoms. The molecule has 1 aliphatic rings. The fraction of sp³-hybridized carbons (Fsp3) is 0.684. The monoisotopic (exact) mass is 288 g/mol. The molecule has 2 heteroatoms. The van der Waals surface area contributed by atoms with Gasteiger partial charge in [0.25, 0.3) is 0 Å². The van der Waals surface area contributed by atoms with Gasteiger partial charge < -0.3 is 10.2 Å². The SMILES string of the molecule is CCNC(CC)c1ccc(N(C)C2CCCC(C)C2)cc1. The second kappa shape index (κ2) is 7.84. The highest BCUT2D eigenvalue weighted by molar-refractivity contribution is 5.48. The summed E-state index contributed by atoms with van der Waals surface area (Å²) in [6, 6.07) is 10.4. The van der Waals surface area contributed by atoms with Crippen LogP contribution in [0.4, 0.5) is 5.69 Å². The van der Waals surface area contributed by atoms with E-state index in [9.17, 15) is 0 Å². The minimum absolute atomic E-state index is 0.490. The van der Waals surface area contributed by atoms with Gasteiger partial charge in [0.05, 0.1) is 0 Å². The molecule has 0 saturated heterocycles. The molecular formula is C19H32N2. The predicted molar refractivity (Wildman–Crippen MR) is 93.0 cm³/mol. The Kier molecular flexibility index (Phi) is 6.10. The second-order valence-electron chi connectivity index (χ2n) is 6.65. The van der Waals surface area contributed by atoms with Gasteiger partial charge >= 0.3 is 0 Å². The van der Waals surface area contributed by atoms with Gasteiger partial charge in [-0.2, -0.15) is 0 Å². The van der Waals surface area contributed by atoms with Gasteiger partial charge in [-0.1, -0.05) is 45.7 Å². The van der Waals surface area contributed by atoms with Crippen molar-refractivity contribution in [3.05, 3.63) is 29.8 Å². The van der Waals surface area contributed by atoms with Gasteiger partial charge in [0, 0.05) is 24.8 Å². The van der Waals surface area contributed by atoms with Crippen molar-refractivity contribution in [3.63, 3.8) is 0 Å². The van der Waals surface area contributed by atoms with Crippen molar-refractivity contribution in [1.82, 2.24) is 5.32 Å². The highest BCUT2D eigenvalue weighted by atomic mass is 15.1. The zero-order chi connectivity index (χ0) is 15.2. The van der Waals surface area contributed by atoms with E-state index in [4.69, 9.17) is 0 Å². The molecular weight excluding hydrogens is 256 g/mol. The lowest BCUT2D eigenvalue weighted by Crippen LogP contribution is -2.35. The normalized spacial score (nSPS) is 23.8. The number of benzene rings is 1. The largest absolute Gasteiger partial charge is 0.372 e. The van der Waals surface area contributed by atoms with Crippen LogP contribution >= 0.6 is 0 Å². The summed E-state index contributed by atoms with van der Waals surface area (Å²) in [6.07, 6.45) is 6.62. The Morgan fingerprint density at radius 3 is 2.48 bits per heavy atom. The lowest BCUT2D eigenvalue weighted by Gasteiger charge is -2.35. The van der Waals surface area contributed by atoms with Crippen LogP contribution in [0.3, 0.4) is 0 Å². The Bertz CT molecular complexity index is 412. The molecule has 1 aromatic carbocycles. The summed E-state index contributed by atoms with van der Waals surface area (Å²) < 4.78 is 0. The van der Waals surface area contributed by atoms with E-state index < -0.39 is 0 Å². The molecule has 0 bridgehead atoms. The van der Waals surface area contributed by atoms with Crippen LogP contribution in [0.25, 0.3) is 0 Å². The van der Waals surface area contributed by atoms with Crippen molar-refractivity contribution >= 4 is 5.69 Å². The third-order valence-electron chi connectivity index (χ3n) is 5.02. The van der Waals surface area contributed by atoms with Gasteiger partial charge in [-0.15, -0.1) is 0 Å². The molecule has 1 aromatic rings. The maximum Gasteiger partial charge on any atom is 0.0366 e. The molecule has 1 saturated carbocycles. The van der Waals surface area contributed by atoms with E-state index in [2.05, 4.69) is 62.3 Å². The topological polar surface area (TPSA) is 15.3 Å². The number of anilines is 1. The smallest absolute Gasteiger partial charge is 0.0366 e. The molecule has 2 nitrogen and oxygen atoms in total. The third kappa shape index (κ3) is 4.23. The first kappa shape index (κ1) is 16.4. The van der Waals surface area contributed by atoms with Crippen molar-refractivity contribution in [2.75, 3.05) is 18.5 Å². The van der Waals surface area contributed by atoms with E-state index in [1.807, 2.05) is 0 Å². The maximum absolute atomic E-state index is 3.55. The summed E-state index contributed by atoms with van der Waals surface area (Å²) in [6.45, 7) is 7.84. The Hall–Kier alpha value is -1.02. The van der Waals surface area contributed by atoms with Crippen molar-refractivity contribution in [2.45, 2.75) is 65.0 Å². The highest BCUT2D eigenvalue weighted by Crippen LogP contribution is 2.30. The van der Waals surface area contributed by atoms with Crippen molar-refractivity contribution < 1.29 is 0 Å².